The van der Waals surface area contributed by atoms with Crippen LogP contribution in [0.5, 0.6) is 0 Å². The third kappa shape index (κ3) is 3.84. The van der Waals surface area contributed by atoms with Crippen molar-refractivity contribution >= 4 is 33.5 Å². The molecule has 2 N–H and O–H groups in total. The van der Waals surface area contributed by atoms with Crippen LogP contribution in [0.4, 0.5) is 10.1 Å². The number of anilines is 1. The van der Waals surface area contributed by atoms with Crippen LogP contribution in [-0.4, -0.2) is 36.9 Å². The first-order valence-corrected chi connectivity index (χ1v) is 8.07. The molecule has 1 saturated heterocycles. The Morgan fingerprint density at radius 3 is 2.57 bits per heavy atom. The van der Waals surface area contributed by atoms with Gasteiger partial charge in [-0.05, 0) is 31.0 Å². The summed E-state index contributed by atoms with van der Waals surface area (Å²) in [5.74, 6) is -2.20. The lowest BCUT2D eigenvalue weighted by atomic mass is 9.99. The average molecular weight is 337 g/mol. The molecule has 1 aromatic carbocycles. The zero-order valence-corrected chi connectivity index (χ0v) is 12.5. The van der Waals surface area contributed by atoms with Gasteiger partial charge in [-0.25, -0.2) is 4.39 Å². The van der Waals surface area contributed by atoms with E-state index >= 15 is 0 Å². The molecule has 0 spiro atoms. The molecule has 9 heteroatoms. The SMILES string of the molecule is O=C(O)C1CCN(S(=O)(=O)Nc2cc(Cl)ccc2F)CC1. The maximum atomic E-state index is 13.6. The van der Waals surface area contributed by atoms with Gasteiger partial charge in [-0.3, -0.25) is 9.52 Å². The first-order chi connectivity index (χ1) is 9.79. The molecule has 1 aromatic rings. The number of aliphatic carboxylic acids is 1. The number of nitrogens with zero attached hydrogens (tertiary/aromatic N) is 1. The molecule has 0 amide bonds. The van der Waals surface area contributed by atoms with Crippen LogP contribution in [0.1, 0.15) is 12.8 Å². The van der Waals surface area contributed by atoms with Gasteiger partial charge in [-0.2, -0.15) is 12.7 Å². The van der Waals surface area contributed by atoms with E-state index in [-0.39, 0.29) is 36.6 Å². The molecule has 1 fully saturated rings. The van der Waals surface area contributed by atoms with Gasteiger partial charge in [0.1, 0.15) is 5.82 Å². The number of piperidine rings is 1. The Kier molecular flexibility index (Phi) is 4.70. The number of benzene rings is 1. The van der Waals surface area contributed by atoms with Crippen LogP contribution in [0.25, 0.3) is 0 Å². The van der Waals surface area contributed by atoms with E-state index in [9.17, 15) is 17.6 Å². The molecular weight excluding hydrogens is 323 g/mol. The second kappa shape index (κ2) is 6.17. The van der Waals surface area contributed by atoms with E-state index in [1.165, 1.54) is 12.1 Å². The fourth-order valence-electron chi connectivity index (χ4n) is 2.12. The standard InChI is InChI=1S/C12H14ClFN2O4S/c13-9-1-2-10(14)11(7-9)15-21(19,20)16-5-3-8(4-6-16)12(17)18/h1-2,7-8,15H,3-6H2,(H,17,18). The molecule has 0 aliphatic carbocycles. The molecule has 0 unspecified atom stereocenters. The molecule has 0 atom stereocenters. The van der Waals surface area contributed by atoms with Crippen molar-refractivity contribution in [1.82, 2.24) is 4.31 Å². The number of nitrogens with one attached hydrogen (secondary N) is 1. The second-order valence-electron chi connectivity index (χ2n) is 4.74. The van der Waals surface area contributed by atoms with Crippen molar-refractivity contribution in [3.05, 3.63) is 29.0 Å². The number of hydrogen-bond acceptors (Lipinski definition) is 3. The third-order valence-corrected chi connectivity index (χ3v) is 5.07. The summed E-state index contributed by atoms with van der Waals surface area (Å²) in [4.78, 5) is 10.8. The quantitative estimate of drug-likeness (QED) is 0.879. The van der Waals surface area contributed by atoms with E-state index in [1.54, 1.807) is 0 Å². The number of rotatable bonds is 4. The van der Waals surface area contributed by atoms with Gasteiger partial charge in [0.25, 0.3) is 0 Å². The lowest BCUT2D eigenvalue weighted by Gasteiger charge is -2.29. The van der Waals surface area contributed by atoms with Crippen molar-refractivity contribution in [2.24, 2.45) is 5.92 Å². The minimum Gasteiger partial charge on any atom is -0.481 e. The first-order valence-electron chi connectivity index (χ1n) is 6.25. The van der Waals surface area contributed by atoms with Crippen LogP contribution in [0.15, 0.2) is 18.2 Å². The molecule has 6 nitrogen and oxygen atoms in total. The van der Waals surface area contributed by atoms with Crippen molar-refractivity contribution in [1.29, 1.82) is 0 Å². The van der Waals surface area contributed by atoms with Gasteiger partial charge in [0, 0.05) is 18.1 Å². The van der Waals surface area contributed by atoms with E-state index in [4.69, 9.17) is 16.7 Å². The summed E-state index contributed by atoms with van der Waals surface area (Å²) < 4.78 is 41.1. The molecule has 0 saturated carbocycles. The van der Waals surface area contributed by atoms with Gasteiger partial charge < -0.3 is 5.11 Å². The molecular formula is C12H14ClFN2O4S. The summed E-state index contributed by atoms with van der Waals surface area (Å²) in [7, 11) is -3.93. The van der Waals surface area contributed by atoms with Crippen LogP contribution in [0.3, 0.4) is 0 Å². The summed E-state index contributed by atoms with van der Waals surface area (Å²) in [5.41, 5.74) is -0.233. The molecule has 0 bridgehead atoms. The minimum absolute atomic E-state index is 0.0779. The van der Waals surface area contributed by atoms with E-state index < -0.39 is 27.9 Å². The van der Waals surface area contributed by atoms with Crippen LogP contribution in [0, 0.1) is 11.7 Å². The Hall–Kier alpha value is -1.38. The van der Waals surface area contributed by atoms with Gasteiger partial charge in [0.05, 0.1) is 11.6 Å². The number of hydrogen-bond donors (Lipinski definition) is 2. The Labute approximate surface area is 126 Å². The van der Waals surface area contributed by atoms with Gasteiger partial charge in [0.15, 0.2) is 0 Å². The molecule has 21 heavy (non-hydrogen) atoms. The van der Waals surface area contributed by atoms with Crippen molar-refractivity contribution < 1.29 is 22.7 Å². The summed E-state index contributed by atoms with van der Waals surface area (Å²) in [5, 5.41) is 9.09. The molecule has 0 radical (unpaired) electrons. The summed E-state index contributed by atoms with van der Waals surface area (Å²) in [6.07, 6.45) is 0.461. The highest BCUT2D eigenvalue weighted by Gasteiger charge is 2.31. The zero-order valence-electron chi connectivity index (χ0n) is 10.9. The number of carbonyl (C=O) groups is 1. The topological polar surface area (TPSA) is 86.7 Å². The predicted octanol–water partition coefficient (Wildman–Crippen LogP) is 1.93. The Morgan fingerprint density at radius 1 is 1.38 bits per heavy atom. The largest absolute Gasteiger partial charge is 0.481 e. The van der Waals surface area contributed by atoms with Crippen molar-refractivity contribution in [2.45, 2.75) is 12.8 Å². The number of carboxylic acids is 1. The number of halogens is 2. The fraction of sp³-hybridized carbons (Fsp3) is 0.417. The smallest absolute Gasteiger partial charge is 0.306 e. The maximum Gasteiger partial charge on any atom is 0.306 e. The number of carboxylic acid groups (broad SMARTS) is 1. The second-order valence-corrected chi connectivity index (χ2v) is 6.85. The highest BCUT2D eigenvalue weighted by Crippen LogP contribution is 2.24. The molecule has 1 aliphatic heterocycles. The Balaban J connectivity index is 2.09. The van der Waals surface area contributed by atoms with E-state index in [0.717, 1.165) is 10.4 Å². The lowest BCUT2D eigenvalue weighted by molar-refractivity contribution is -0.142. The average Bonchev–Trinajstić information content (AvgIpc) is 2.43. The highest BCUT2D eigenvalue weighted by molar-refractivity contribution is 7.90. The van der Waals surface area contributed by atoms with Crippen molar-refractivity contribution in [3.63, 3.8) is 0 Å². The minimum atomic E-state index is -3.93. The maximum absolute atomic E-state index is 13.6. The fourth-order valence-corrected chi connectivity index (χ4v) is 3.55. The van der Waals surface area contributed by atoms with Gasteiger partial charge >= 0.3 is 16.2 Å². The van der Waals surface area contributed by atoms with Crippen LogP contribution < -0.4 is 4.72 Å². The normalized spacial score (nSPS) is 17.6. The third-order valence-electron chi connectivity index (χ3n) is 3.31. The predicted molar refractivity (Wildman–Crippen MR) is 75.9 cm³/mol. The first kappa shape index (κ1) is 16.0. The van der Waals surface area contributed by atoms with Crippen molar-refractivity contribution in [2.75, 3.05) is 17.8 Å². The highest BCUT2D eigenvalue weighted by atomic mass is 35.5. The zero-order chi connectivity index (χ0) is 15.6. The molecule has 1 aliphatic rings. The molecule has 0 aromatic heterocycles. The van der Waals surface area contributed by atoms with E-state index in [2.05, 4.69) is 4.72 Å². The van der Waals surface area contributed by atoms with Gasteiger partial charge in [-0.1, -0.05) is 11.6 Å². The molecule has 1 heterocycles. The lowest BCUT2D eigenvalue weighted by Crippen LogP contribution is -2.43. The van der Waals surface area contributed by atoms with Crippen molar-refractivity contribution in [3.8, 4) is 0 Å². The van der Waals surface area contributed by atoms with Gasteiger partial charge in [0.2, 0.25) is 0 Å². The monoisotopic (exact) mass is 336 g/mol. The molecule has 116 valence electrons. The van der Waals surface area contributed by atoms with E-state index in [0.29, 0.717) is 0 Å². The Bertz CT molecular complexity index is 645. The summed E-state index contributed by atoms with van der Waals surface area (Å²) in [6, 6.07) is 3.56. The van der Waals surface area contributed by atoms with Gasteiger partial charge in [-0.15, -0.1) is 0 Å². The van der Waals surface area contributed by atoms with Crippen LogP contribution >= 0.6 is 11.6 Å². The molecule has 2 rings (SSSR count). The summed E-state index contributed by atoms with van der Waals surface area (Å²) >= 11 is 5.71. The van der Waals surface area contributed by atoms with Crippen LogP contribution in [-0.2, 0) is 15.0 Å². The van der Waals surface area contributed by atoms with Crippen LogP contribution in [0.2, 0.25) is 5.02 Å². The van der Waals surface area contributed by atoms with E-state index in [1.807, 2.05) is 0 Å². The summed E-state index contributed by atoms with van der Waals surface area (Å²) in [6.45, 7) is 0.156. The Morgan fingerprint density at radius 2 is 2.00 bits per heavy atom.